The third-order valence-corrected chi connectivity index (χ3v) is 7.60. The summed E-state index contributed by atoms with van der Waals surface area (Å²) in [5, 5.41) is 3.80. The van der Waals surface area contributed by atoms with E-state index in [1.807, 2.05) is 0 Å². The van der Waals surface area contributed by atoms with Gasteiger partial charge in [0.1, 0.15) is 0 Å². The Morgan fingerprint density at radius 3 is 2.50 bits per heavy atom. The summed E-state index contributed by atoms with van der Waals surface area (Å²) in [6.07, 6.45) is 7.17. The number of halogens is 2. The topological polar surface area (TPSA) is 66.5 Å². The third kappa shape index (κ3) is 6.40. The molecule has 2 aromatic rings. The summed E-state index contributed by atoms with van der Waals surface area (Å²) >= 11 is 12.2. The number of sulfonamides is 1. The van der Waals surface area contributed by atoms with Gasteiger partial charge >= 0.3 is 0 Å². The lowest BCUT2D eigenvalue weighted by Crippen LogP contribution is -2.33. The van der Waals surface area contributed by atoms with Gasteiger partial charge in [-0.2, -0.15) is 0 Å². The molecule has 0 radical (unpaired) electrons. The number of hydrogen-bond acceptors (Lipinski definition) is 3. The van der Waals surface area contributed by atoms with Crippen molar-refractivity contribution < 1.29 is 13.2 Å². The number of hydrogen-bond donors (Lipinski definition) is 1. The summed E-state index contributed by atoms with van der Waals surface area (Å²) in [5.41, 5.74) is 4.26. The van der Waals surface area contributed by atoms with E-state index >= 15 is 0 Å². The molecule has 0 saturated carbocycles. The number of anilines is 1. The molecule has 1 atom stereocenters. The van der Waals surface area contributed by atoms with Crippen LogP contribution in [0.25, 0.3) is 0 Å². The quantitative estimate of drug-likeness (QED) is 0.484. The molecule has 32 heavy (non-hydrogen) atoms. The number of benzene rings is 2. The molecule has 0 aromatic heterocycles. The highest BCUT2D eigenvalue weighted by Gasteiger charge is 2.21. The van der Waals surface area contributed by atoms with Gasteiger partial charge in [0.25, 0.3) is 0 Å². The lowest BCUT2D eigenvalue weighted by atomic mass is 9.89. The average molecular weight is 497 g/mol. The molecule has 0 unspecified atom stereocenters. The van der Waals surface area contributed by atoms with Crippen molar-refractivity contribution in [1.29, 1.82) is 0 Å². The Morgan fingerprint density at radius 2 is 1.81 bits per heavy atom. The van der Waals surface area contributed by atoms with E-state index in [1.54, 1.807) is 12.1 Å². The Hall–Kier alpha value is -1.76. The number of aryl methyl sites for hydroxylation is 2. The van der Waals surface area contributed by atoms with Crippen LogP contribution in [-0.2, 0) is 27.7 Å². The van der Waals surface area contributed by atoms with Crippen LogP contribution in [0.1, 0.15) is 61.8 Å². The summed E-state index contributed by atoms with van der Waals surface area (Å²) in [6, 6.07) is 11.2. The minimum atomic E-state index is -3.58. The van der Waals surface area contributed by atoms with Gasteiger partial charge in [0.2, 0.25) is 15.9 Å². The van der Waals surface area contributed by atoms with Crippen molar-refractivity contribution in [1.82, 2.24) is 5.32 Å². The van der Waals surface area contributed by atoms with E-state index in [0.29, 0.717) is 22.2 Å². The molecule has 8 heteroatoms. The van der Waals surface area contributed by atoms with Crippen LogP contribution in [0.5, 0.6) is 0 Å². The summed E-state index contributed by atoms with van der Waals surface area (Å²) in [5.74, 6) is -0.0970. The van der Waals surface area contributed by atoms with Crippen LogP contribution >= 0.6 is 23.2 Å². The van der Waals surface area contributed by atoms with E-state index in [0.717, 1.165) is 31.1 Å². The Bertz CT molecular complexity index is 1070. The van der Waals surface area contributed by atoms with E-state index < -0.39 is 10.0 Å². The third-order valence-electron chi connectivity index (χ3n) is 5.86. The zero-order valence-electron chi connectivity index (χ0n) is 18.5. The minimum Gasteiger partial charge on any atom is -0.349 e. The second-order valence-corrected chi connectivity index (χ2v) is 11.0. The van der Waals surface area contributed by atoms with Gasteiger partial charge in [-0.15, -0.1) is 0 Å². The zero-order valence-corrected chi connectivity index (χ0v) is 20.9. The van der Waals surface area contributed by atoms with Gasteiger partial charge < -0.3 is 5.32 Å². The molecule has 0 saturated heterocycles. The molecule has 0 bridgehead atoms. The smallest absolute Gasteiger partial charge is 0.232 e. The molecule has 0 fully saturated rings. The first-order valence-corrected chi connectivity index (χ1v) is 13.6. The average Bonchev–Trinajstić information content (AvgIpc) is 2.76. The van der Waals surface area contributed by atoms with E-state index in [9.17, 15) is 13.2 Å². The fraction of sp³-hybridized carbons (Fsp3) is 0.458. The van der Waals surface area contributed by atoms with Crippen LogP contribution in [0.4, 0.5) is 5.69 Å². The number of carbonyl (C=O) groups excluding carboxylic acids is 1. The first kappa shape index (κ1) is 24.9. The SMILES string of the molecule is CC[C@@H](NC(=O)CCCN(c1cc(Cl)ccc1Cl)S(C)(=O)=O)c1ccc2c(c1)CCCC2. The Balaban J connectivity index is 1.62. The molecule has 0 spiro atoms. The lowest BCUT2D eigenvalue weighted by Gasteiger charge is -2.24. The van der Waals surface area contributed by atoms with Crippen LogP contribution < -0.4 is 9.62 Å². The van der Waals surface area contributed by atoms with Gasteiger partial charge in [-0.1, -0.05) is 48.3 Å². The maximum atomic E-state index is 12.6. The van der Waals surface area contributed by atoms with E-state index in [-0.39, 0.29) is 24.9 Å². The molecule has 1 aliphatic carbocycles. The van der Waals surface area contributed by atoms with Gasteiger partial charge in [0.15, 0.2) is 0 Å². The van der Waals surface area contributed by atoms with Crippen molar-refractivity contribution in [3.63, 3.8) is 0 Å². The first-order valence-electron chi connectivity index (χ1n) is 11.0. The highest BCUT2D eigenvalue weighted by molar-refractivity contribution is 7.92. The van der Waals surface area contributed by atoms with Crippen LogP contribution in [0, 0.1) is 0 Å². The first-order chi connectivity index (χ1) is 15.2. The molecule has 3 rings (SSSR count). The molecular formula is C24H30Cl2N2O3S. The monoisotopic (exact) mass is 496 g/mol. The zero-order chi connectivity index (χ0) is 23.3. The summed E-state index contributed by atoms with van der Waals surface area (Å²) in [7, 11) is -3.58. The van der Waals surface area contributed by atoms with Gasteiger partial charge in [-0.25, -0.2) is 8.42 Å². The maximum absolute atomic E-state index is 12.6. The molecule has 1 aliphatic rings. The maximum Gasteiger partial charge on any atom is 0.232 e. The number of nitrogens with one attached hydrogen (secondary N) is 1. The molecule has 1 N–H and O–H groups in total. The summed E-state index contributed by atoms with van der Waals surface area (Å²) in [6.45, 7) is 2.19. The largest absolute Gasteiger partial charge is 0.349 e. The predicted molar refractivity (Wildman–Crippen MR) is 132 cm³/mol. The minimum absolute atomic E-state index is 0.0527. The highest BCUT2D eigenvalue weighted by atomic mass is 35.5. The normalized spacial score (nSPS) is 14.5. The second-order valence-electron chi connectivity index (χ2n) is 8.30. The highest BCUT2D eigenvalue weighted by Crippen LogP contribution is 2.31. The summed E-state index contributed by atoms with van der Waals surface area (Å²) < 4.78 is 25.8. The molecule has 2 aromatic carbocycles. The second kappa shape index (κ2) is 10.9. The number of rotatable bonds is 9. The van der Waals surface area contributed by atoms with E-state index in [4.69, 9.17) is 23.2 Å². The molecule has 174 valence electrons. The van der Waals surface area contributed by atoms with Crippen molar-refractivity contribution in [3.05, 3.63) is 63.1 Å². The molecule has 0 aliphatic heterocycles. The predicted octanol–water partition coefficient (Wildman–Crippen LogP) is 5.69. The number of nitrogens with zero attached hydrogens (tertiary/aromatic N) is 1. The Morgan fingerprint density at radius 1 is 1.09 bits per heavy atom. The Labute approximate surface area is 201 Å². The van der Waals surface area contributed by atoms with Crippen LogP contribution in [-0.4, -0.2) is 27.1 Å². The van der Waals surface area contributed by atoms with Crippen molar-refractivity contribution in [2.75, 3.05) is 17.1 Å². The fourth-order valence-electron chi connectivity index (χ4n) is 4.18. The van der Waals surface area contributed by atoms with Crippen molar-refractivity contribution >= 4 is 44.8 Å². The molecular weight excluding hydrogens is 467 g/mol. The molecule has 0 heterocycles. The van der Waals surface area contributed by atoms with Crippen LogP contribution in [0.2, 0.25) is 10.0 Å². The van der Waals surface area contributed by atoms with Crippen LogP contribution in [0.3, 0.4) is 0 Å². The lowest BCUT2D eigenvalue weighted by molar-refractivity contribution is -0.121. The van der Waals surface area contributed by atoms with Crippen molar-refractivity contribution in [3.8, 4) is 0 Å². The van der Waals surface area contributed by atoms with Crippen molar-refractivity contribution in [2.24, 2.45) is 0 Å². The number of carbonyl (C=O) groups is 1. The van der Waals surface area contributed by atoms with E-state index in [1.165, 1.54) is 34.3 Å². The van der Waals surface area contributed by atoms with E-state index in [2.05, 4.69) is 30.4 Å². The Kier molecular flexibility index (Phi) is 8.48. The van der Waals surface area contributed by atoms with Gasteiger partial charge in [-0.05, 0) is 73.4 Å². The van der Waals surface area contributed by atoms with Gasteiger partial charge in [-0.3, -0.25) is 9.10 Å². The van der Waals surface area contributed by atoms with Gasteiger partial charge in [0, 0.05) is 18.0 Å². The standard InChI is InChI=1S/C24H30Cl2N2O3S/c1-3-22(19-11-10-17-7-4-5-8-18(17)15-19)27-24(29)9-6-14-28(32(2,30)31)23-16-20(25)12-13-21(23)26/h10-13,15-16,22H,3-9,14H2,1-2H3,(H,27,29)/t22-/m1/s1. The molecule has 1 amide bonds. The molecule has 5 nitrogen and oxygen atoms in total. The number of amides is 1. The van der Waals surface area contributed by atoms with Gasteiger partial charge in [0.05, 0.1) is 23.0 Å². The van der Waals surface area contributed by atoms with Crippen LogP contribution in [0.15, 0.2) is 36.4 Å². The van der Waals surface area contributed by atoms with Crippen molar-refractivity contribution in [2.45, 2.75) is 57.9 Å². The number of fused-ring (bicyclic) bond motifs is 1. The fourth-order valence-corrected chi connectivity index (χ4v) is 5.59. The summed E-state index contributed by atoms with van der Waals surface area (Å²) in [4.78, 5) is 12.6.